The van der Waals surface area contributed by atoms with E-state index in [0.29, 0.717) is 12.1 Å². The van der Waals surface area contributed by atoms with Crippen LogP contribution in [0.2, 0.25) is 0 Å². The number of hydrogen-bond acceptors (Lipinski definition) is 5. The average Bonchev–Trinajstić information content (AvgIpc) is 3.13. The van der Waals surface area contributed by atoms with Crippen molar-refractivity contribution in [3.8, 4) is 0 Å². The maximum Gasteiger partial charge on any atom is 0.256 e. The molecule has 0 bridgehead atoms. The Hall–Kier alpha value is -2.41. The second kappa shape index (κ2) is 6.78. The van der Waals surface area contributed by atoms with Gasteiger partial charge in [0.1, 0.15) is 10.8 Å². The van der Waals surface area contributed by atoms with Crippen LogP contribution >= 0.6 is 11.5 Å². The zero-order chi connectivity index (χ0) is 16.2. The SMILES string of the molecule is CNc1snc(C)c1C(=O)NCCCc1nc2ccccc2[nH]1. The Morgan fingerprint density at radius 1 is 1.35 bits per heavy atom. The van der Waals surface area contributed by atoms with Crippen molar-refractivity contribution >= 4 is 33.5 Å². The molecule has 1 amide bonds. The molecule has 6 nitrogen and oxygen atoms in total. The molecule has 3 rings (SSSR count). The molecule has 2 aromatic heterocycles. The van der Waals surface area contributed by atoms with Gasteiger partial charge in [-0.05, 0) is 37.0 Å². The zero-order valence-electron chi connectivity index (χ0n) is 13.1. The third-order valence-electron chi connectivity index (χ3n) is 3.63. The molecular formula is C16H19N5OS. The van der Waals surface area contributed by atoms with Gasteiger partial charge in [0.15, 0.2) is 0 Å². The van der Waals surface area contributed by atoms with Gasteiger partial charge < -0.3 is 15.6 Å². The van der Waals surface area contributed by atoms with Crippen LogP contribution in [0.1, 0.15) is 28.3 Å². The van der Waals surface area contributed by atoms with E-state index in [1.807, 2.05) is 31.2 Å². The summed E-state index contributed by atoms with van der Waals surface area (Å²) in [4.78, 5) is 20.1. The third kappa shape index (κ3) is 3.34. The Kier molecular flexibility index (Phi) is 4.57. The predicted molar refractivity (Wildman–Crippen MR) is 93.1 cm³/mol. The maximum absolute atomic E-state index is 12.3. The quantitative estimate of drug-likeness (QED) is 0.607. The number of fused-ring (bicyclic) bond motifs is 1. The molecule has 0 aliphatic carbocycles. The number of aryl methyl sites for hydroxylation is 2. The number of anilines is 1. The van der Waals surface area contributed by atoms with E-state index >= 15 is 0 Å². The lowest BCUT2D eigenvalue weighted by molar-refractivity contribution is 0.0953. The molecule has 0 aliphatic rings. The van der Waals surface area contributed by atoms with E-state index in [4.69, 9.17) is 0 Å². The Labute approximate surface area is 138 Å². The standard InChI is InChI=1S/C16H19N5OS/c1-10-14(16(17-2)23-21-10)15(22)18-9-5-8-13-19-11-6-3-4-7-12(11)20-13/h3-4,6-7,17H,5,8-9H2,1-2H3,(H,18,22)(H,19,20). The molecule has 120 valence electrons. The molecule has 23 heavy (non-hydrogen) atoms. The molecule has 2 heterocycles. The molecule has 3 N–H and O–H groups in total. The number of nitrogens with zero attached hydrogens (tertiary/aromatic N) is 2. The van der Waals surface area contributed by atoms with Crippen molar-refractivity contribution in [2.45, 2.75) is 19.8 Å². The van der Waals surface area contributed by atoms with Gasteiger partial charge in [-0.1, -0.05) is 12.1 Å². The van der Waals surface area contributed by atoms with Crippen molar-refractivity contribution in [1.82, 2.24) is 19.7 Å². The van der Waals surface area contributed by atoms with Crippen LogP contribution in [0.5, 0.6) is 0 Å². The number of carbonyl (C=O) groups excluding carboxylic acids is 1. The fourth-order valence-electron chi connectivity index (χ4n) is 2.48. The van der Waals surface area contributed by atoms with Crippen LogP contribution in [0.15, 0.2) is 24.3 Å². The number of para-hydroxylation sites is 2. The van der Waals surface area contributed by atoms with Gasteiger partial charge in [0.2, 0.25) is 0 Å². The average molecular weight is 329 g/mol. The number of aromatic nitrogens is 3. The molecule has 0 radical (unpaired) electrons. The molecule has 0 fully saturated rings. The Morgan fingerprint density at radius 3 is 2.96 bits per heavy atom. The van der Waals surface area contributed by atoms with E-state index in [9.17, 15) is 4.79 Å². The molecule has 0 aliphatic heterocycles. The largest absolute Gasteiger partial charge is 0.378 e. The van der Waals surface area contributed by atoms with Gasteiger partial charge in [0, 0.05) is 20.0 Å². The lowest BCUT2D eigenvalue weighted by Crippen LogP contribution is -2.25. The van der Waals surface area contributed by atoms with Gasteiger partial charge >= 0.3 is 0 Å². The minimum absolute atomic E-state index is 0.0785. The van der Waals surface area contributed by atoms with Crippen LogP contribution in [-0.4, -0.2) is 33.8 Å². The van der Waals surface area contributed by atoms with Crippen LogP contribution in [0, 0.1) is 6.92 Å². The van der Waals surface area contributed by atoms with E-state index in [-0.39, 0.29) is 5.91 Å². The van der Waals surface area contributed by atoms with Gasteiger partial charge in [-0.3, -0.25) is 4.79 Å². The summed E-state index contributed by atoms with van der Waals surface area (Å²) >= 11 is 1.31. The van der Waals surface area contributed by atoms with Crippen molar-refractivity contribution in [3.05, 3.63) is 41.3 Å². The molecule has 0 saturated carbocycles. The molecular weight excluding hydrogens is 310 g/mol. The first kappa shape index (κ1) is 15.5. The van der Waals surface area contributed by atoms with E-state index in [1.165, 1.54) is 11.5 Å². The molecule has 0 unspecified atom stereocenters. The predicted octanol–water partition coefficient (Wildman–Crippen LogP) is 2.73. The lowest BCUT2D eigenvalue weighted by Gasteiger charge is -2.05. The van der Waals surface area contributed by atoms with Crippen LogP contribution in [0.25, 0.3) is 11.0 Å². The summed E-state index contributed by atoms with van der Waals surface area (Å²) in [6.45, 7) is 2.45. The number of benzene rings is 1. The van der Waals surface area contributed by atoms with Crippen LogP contribution in [-0.2, 0) is 6.42 Å². The number of hydrogen-bond donors (Lipinski definition) is 3. The summed E-state index contributed by atoms with van der Waals surface area (Å²) in [5.41, 5.74) is 3.42. The Morgan fingerprint density at radius 2 is 2.17 bits per heavy atom. The molecule has 0 spiro atoms. The number of H-pyrrole nitrogens is 1. The van der Waals surface area contributed by atoms with Gasteiger partial charge in [-0.25, -0.2) is 4.98 Å². The highest BCUT2D eigenvalue weighted by molar-refractivity contribution is 7.10. The third-order valence-corrected chi connectivity index (χ3v) is 4.59. The summed E-state index contributed by atoms with van der Waals surface area (Å²) in [5, 5.41) is 6.76. The van der Waals surface area contributed by atoms with Gasteiger partial charge in [-0.2, -0.15) is 4.37 Å². The number of rotatable bonds is 6. The van der Waals surface area contributed by atoms with Crippen LogP contribution in [0.4, 0.5) is 5.00 Å². The number of carbonyl (C=O) groups is 1. The highest BCUT2D eigenvalue weighted by atomic mass is 32.1. The minimum Gasteiger partial charge on any atom is -0.378 e. The number of nitrogens with one attached hydrogen (secondary N) is 3. The second-order valence-corrected chi connectivity index (χ2v) is 6.06. The maximum atomic E-state index is 12.3. The zero-order valence-corrected chi connectivity index (χ0v) is 14.0. The lowest BCUT2D eigenvalue weighted by atomic mass is 10.2. The van der Waals surface area contributed by atoms with E-state index in [2.05, 4.69) is 25.0 Å². The fraction of sp³-hybridized carbons (Fsp3) is 0.312. The molecule has 7 heteroatoms. The first-order valence-corrected chi connectivity index (χ1v) is 8.32. The van der Waals surface area contributed by atoms with E-state index < -0.39 is 0 Å². The first-order valence-electron chi connectivity index (χ1n) is 7.55. The van der Waals surface area contributed by atoms with Crippen molar-refractivity contribution < 1.29 is 4.79 Å². The Bertz CT molecular complexity index is 790. The van der Waals surface area contributed by atoms with Crippen molar-refractivity contribution in [2.24, 2.45) is 0 Å². The van der Waals surface area contributed by atoms with Gasteiger partial charge in [-0.15, -0.1) is 0 Å². The van der Waals surface area contributed by atoms with E-state index in [1.54, 1.807) is 7.05 Å². The number of aromatic amines is 1. The summed E-state index contributed by atoms with van der Waals surface area (Å²) in [7, 11) is 1.80. The van der Waals surface area contributed by atoms with Gasteiger partial charge in [0.25, 0.3) is 5.91 Å². The summed E-state index contributed by atoms with van der Waals surface area (Å²) < 4.78 is 4.21. The summed E-state index contributed by atoms with van der Waals surface area (Å²) in [6, 6.07) is 7.97. The monoisotopic (exact) mass is 329 g/mol. The normalized spacial score (nSPS) is 10.9. The highest BCUT2D eigenvalue weighted by Crippen LogP contribution is 2.23. The van der Waals surface area contributed by atoms with Crippen molar-refractivity contribution in [1.29, 1.82) is 0 Å². The Balaban J connectivity index is 1.53. The molecule has 3 aromatic rings. The number of amides is 1. The van der Waals surface area contributed by atoms with E-state index in [0.717, 1.165) is 40.4 Å². The van der Waals surface area contributed by atoms with Crippen LogP contribution < -0.4 is 10.6 Å². The molecule has 0 saturated heterocycles. The smallest absolute Gasteiger partial charge is 0.256 e. The highest BCUT2D eigenvalue weighted by Gasteiger charge is 2.17. The fourth-order valence-corrected chi connectivity index (χ4v) is 3.22. The summed E-state index contributed by atoms with van der Waals surface area (Å²) in [5.74, 6) is 0.870. The number of imidazole rings is 1. The summed E-state index contributed by atoms with van der Waals surface area (Å²) in [6.07, 6.45) is 1.63. The van der Waals surface area contributed by atoms with Crippen LogP contribution in [0.3, 0.4) is 0 Å². The molecule has 0 atom stereocenters. The van der Waals surface area contributed by atoms with Gasteiger partial charge in [0.05, 0.1) is 22.3 Å². The first-order chi connectivity index (χ1) is 11.2. The molecule has 1 aromatic carbocycles. The second-order valence-electron chi connectivity index (χ2n) is 5.28. The van der Waals surface area contributed by atoms with Crippen molar-refractivity contribution in [3.63, 3.8) is 0 Å². The van der Waals surface area contributed by atoms with Crippen molar-refractivity contribution in [2.75, 3.05) is 18.9 Å². The minimum atomic E-state index is -0.0785. The topological polar surface area (TPSA) is 82.7 Å².